The summed E-state index contributed by atoms with van der Waals surface area (Å²) >= 11 is 1.34. The SMILES string of the molecule is Cc1cc([N+](=O)[O-])ccc1NC(=O)CSc1ncc(-c2ccccc2)n1C. The van der Waals surface area contributed by atoms with Crippen molar-refractivity contribution < 1.29 is 9.72 Å². The maximum absolute atomic E-state index is 12.2. The maximum atomic E-state index is 12.2. The van der Waals surface area contributed by atoms with Crippen LogP contribution in [0, 0.1) is 17.0 Å². The normalized spacial score (nSPS) is 10.6. The predicted octanol–water partition coefficient (Wildman–Crippen LogP) is 4.03. The number of non-ortho nitro benzene ring substituents is 1. The molecule has 1 heterocycles. The van der Waals surface area contributed by atoms with Crippen LogP contribution in [0.4, 0.5) is 11.4 Å². The van der Waals surface area contributed by atoms with Crippen LogP contribution in [0.3, 0.4) is 0 Å². The van der Waals surface area contributed by atoms with Crippen LogP contribution in [0.5, 0.6) is 0 Å². The third-order valence-corrected chi connectivity index (χ3v) is 5.09. The number of amides is 1. The number of aryl methyl sites for hydroxylation is 1. The monoisotopic (exact) mass is 382 g/mol. The number of nitro benzene ring substituents is 1. The Kier molecular flexibility index (Phi) is 5.56. The van der Waals surface area contributed by atoms with Gasteiger partial charge in [-0.05, 0) is 24.1 Å². The average molecular weight is 382 g/mol. The molecule has 0 fully saturated rings. The molecule has 0 aliphatic heterocycles. The molecule has 0 atom stereocenters. The molecule has 0 bridgehead atoms. The number of nitrogens with zero attached hydrogens (tertiary/aromatic N) is 3. The second-order valence-electron chi connectivity index (χ2n) is 5.94. The Hall–Kier alpha value is -3.13. The lowest BCUT2D eigenvalue weighted by molar-refractivity contribution is -0.384. The topological polar surface area (TPSA) is 90.1 Å². The van der Waals surface area contributed by atoms with E-state index in [-0.39, 0.29) is 17.3 Å². The van der Waals surface area contributed by atoms with E-state index in [2.05, 4.69) is 10.3 Å². The van der Waals surface area contributed by atoms with Gasteiger partial charge < -0.3 is 9.88 Å². The highest BCUT2D eigenvalue weighted by Gasteiger charge is 2.13. The molecule has 1 amide bonds. The zero-order valence-corrected chi connectivity index (χ0v) is 15.7. The lowest BCUT2D eigenvalue weighted by Gasteiger charge is -2.09. The van der Waals surface area contributed by atoms with Crippen LogP contribution < -0.4 is 5.32 Å². The second-order valence-corrected chi connectivity index (χ2v) is 6.89. The summed E-state index contributed by atoms with van der Waals surface area (Å²) in [5.41, 5.74) is 3.25. The van der Waals surface area contributed by atoms with Crippen molar-refractivity contribution >= 4 is 29.0 Å². The summed E-state index contributed by atoms with van der Waals surface area (Å²) in [7, 11) is 1.91. The van der Waals surface area contributed by atoms with Gasteiger partial charge in [0, 0.05) is 24.9 Å². The lowest BCUT2D eigenvalue weighted by atomic mass is 10.2. The number of imidazole rings is 1. The number of aromatic nitrogens is 2. The van der Waals surface area contributed by atoms with Gasteiger partial charge in [0.1, 0.15) is 0 Å². The van der Waals surface area contributed by atoms with Gasteiger partial charge in [-0.25, -0.2) is 4.98 Å². The molecule has 27 heavy (non-hydrogen) atoms. The number of hydrogen-bond donors (Lipinski definition) is 1. The summed E-state index contributed by atoms with van der Waals surface area (Å²) in [4.78, 5) is 27.0. The van der Waals surface area contributed by atoms with Crippen LogP contribution in [0.2, 0.25) is 0 Å². The third kappa shape index (κ3) is 4.35. The van der Waals surface area contributed by atoms with Crippen molar-refractivity contribution in [1.82, 2.24) is 9.55 Å². The first-order chi connectivity index (χ1) is 13.0. The van der Waals surface area contributed by atoms with Gasteiger partial charge in [-0.3, -0.25) is 14.9 Å². The van der Waals surface area contributed by atoms with Crippen molar-refractivity contribution in [2.75, 3.05) is 11.1 Å². The van der Waals surface area contributed by atoms with E-state index in [1.807, 2.05) is 41.9 Å². The van der Waals surface area contributed by atoms with Gasteiger partial charge in [0.05, 0.1) is 22.6 Å². The Balaban J connectivity index is 1.63. The second kappa shape index (κ2) is 8.05. The van der Waals surface area contributed by atoms with Gasteiger partial charge in [-0.15, -0.1) is 0 Å². The van der Waals surface area contributed by atoms with Crippen LogP contribution in [-0.2, 0) is 11.8 Å². The smallest absolute Gasteiger partial charge is 0.269 e. The van der Waals surface area contributed by atoms with E-state index in [4.69, 9.17) is 0 Å². The number of benzene rings is 2. The number of carbonyl (C=O) groups is 1. The summed E-state index contributed by atoms with van der Waals surface area (Å²) in [6.45, 7) is 1.72. The molecule has 1 N–H and O–H groups in total. The molecule has 138 valence electrons. The summed E-state index contributed by atoms with van der Waals surface area (Å²) in [6.07, 6.45) is 1.79. The molecule has 0 unspecified atom stereocenters. The fraction of sp³-hybridized carbons (Fsp3) is 0.158. The highest BCUT2D eigenvalue weighted by molar-refractivity contribution is 7.99. The fourth-order valence-corrected chi connectivity index (χ4v) is 3.37. The first kappa shape index (κ1) is 18.7. The van der Waals surface area contributed by atoms with E-state index < -0.39 is 4.92 Å². The minimum Gasteiger partial charge on any atom is -0.325 e. The number of nitro groups is 1. The molecule has 3 rings (SSSR count). The Morgan fingerprint density at radius 3 is 2.67 bits per heavy atom. The number of anilines is 1. The third-order valence-electron chi connectivity index (χ3n) is 4.04. The number of hydrogen-bond acceptors (Lipinski definition) is 5. The largest absolute Gasteiger partial charge is 0.325 e. The highest BCUT2D eigenvalue weighted by Crippen LogP contribution is 2.25. The van der Waals surface area contributed by atoms with Crippen molar-refractivity contribution in [3.8, 4) is 11.3 Å². The van der Waals surface area contributed by atoms with Crippen molar-refractivity contribution in [3.63, 3.8) is 0 Å². The van der Waals surface area contributed by atoms with Crippen LogP contribution in [-0.4, -0.2) is 26.1 Å². The number of nitrogens with one attached hydrogen (secondary N) is 1. The molecular weight excluding hydrogens is 364 g/mol. The van der Waals surface area contributed by atoms with Crippen molar-refractivity contribution in [1.29, 1.82) is 0 Å². The van der Waals surface area contributed by atoms with E-state index in [9.17, 15) is 14.9 Å². The molecule has 0 aliphatic carbocycles. The first-order valence-electron chi connectivity index (χ1n) is 8.20. The highest BCUT2D eigenvalue weighted by atomic mass is 32.2. The van der Waals surface area contributed by atoms with Crippen LogP contribution in [0.25, 0.3) is 11.3 Å². The molecule has 0 aliphatic rings. The lowest BCUT2D eigenvalue weighted by Crippen LogP contribution is -2.15. The predicted molar refractivity (Wildman–Crippen MR) is 106 cm³/mol. The van der Waals surface area contributed by atoms with Gasteiger partial charge >= 0.3 is 0 Å². The van der Waals surface area contributed by atoms with Crippen LogP contribution in [0.1, 0.15) is 5.56 Å². The summed E-state index contributed by atoms with van der Waals surface area (Å²) in [5.74, 6) is -0.00333. The molecule has 1 aromatic heterocycles. The molecule has 2 aromatic carbocycles. The Labute approximate surface area is 160 Å². The quantitative estimate of drug-likeness (QED) is 0.395. The van der Waals surface area contributed by atoms with Crippen LogP contribution >= 0.6 is 11.8 Å². The zero-order valence-electron chi connectivity index (χ0n) is 14.9. The Morgan fingerprint density at radius 1 is 1.26 bits per heavy atom. The molecule has 8 heteroatoms. The Morgan fingerprint density at radius 2 is 2.00 bits per heavy atom. The van der Waals surface area contributed by atoms with Crippen molar-refractivity contribution in [2.45, 2.75) is 12.1 Å². The van der Waals surface area contributed by atoms with Gasteiger partial charge in [0.15, 0.2) is 5.16 Å². The van der Waals surface area contributed by atoms with E-state index >= 15 is 0 Å². The fourth-order valence-electron chi connectivity index (χ4n) is 2.62. The molecule has 0 saturated carbocycles. The summed E-state index contributed by atoms with van der Waals surface area (Å²) in [5, 5.41) is 14.3. The average Bonchev–Trinajstić information content (AvgIpc) is 3.03. The molecule has 0 saturated heterocycles. The molecular formula is C19H18N4O3S. The van der Waals surface area contributed by atoms with Crippen LogP contribution in [0.15, 0.2) is 59.9 Å². The summed E-state index contributed by atoms with van der Waals surface area (Å²) in [6, 6.07) is 14.3. The first-order valence-corrected chi connectivity index (χ1v) is 9.19. The number of carbonyl (C=O) groups excluding carboxylic acids is 1. The van der Waals surface area contributed by atoms with Gasteiger partial charge in [-0.2, -0.15) is 0 Å². The van der Waals surface area contributed by atoms with Crippen molar-refractivity contribution in [3.05, 3.63) is 70.4 Å². The van der Waals surface area contributed by atoms with E-state index in [0.29, 0.717) is 11.3 Å². The van der Waals surface area contributed by atoms with Crippen molar-refractivity contribution in [2.24, 2.45) is 7.05 Å². The summed E-state index contributed by atoms with van der Waals surface area (Å²) < 4.78 is 1.95. The standard InChI is InChI=1S/C19H18N4O3S/c1-13-10-15(23(25)26)8-9-16(13)21-18(24)12-27-19-20-11-17(22(19)2)14-6-4-3-5-7-14/h3-11H,12H2,1-2H3,(H,21,24). The minimum atomic E-state index is -0.458. The molecule has 0 radical (unpaired) electrons. The zero-order chi connectivity index (χ0) is 19.4. The van der Waals surface area contributed by atoms with Gasteiger partial charge in [0.2, 0.25) is 5.91 Å². The number of thioether (sulfide) groups is 1. The molecule has 3 aromatic rings. The van der Waals surface area contributed by atoms with Gasteiger partial charge in [0.25, 0.3) is 5.69 Å². The maximum Gasteiger partial charge on any atom is 0.269 e. The number of rotatable bonds is 6. The Bertz CT molecular complexity index is 986. The van der Waals surface area contributed by atoms with E-state index in [0.717, 1.165) is 16.4 Å². The molecule has 0 spiro atoms. The van der Waals surface area contributed by atoms with E-state index in [1.54, 1.807) is 19.2 Å². The van der Waals surface area contributed by atoms with Gasteiger partial charge in [-0.1, -0.05) is 42.1 Å². The molecule has 7 nitrogen and oxygen atoms in total. The minimum absolute atomic E-state index is 0.00123. The van der Waals surface area contributed by atoms with E-state index in [1.165, 1.54) is 23.9 Å².